The van der Waals surface area contributed by atoms with E-state index in [2.05, 4.69) is 20.8 Å². The van der Waals surface area contributed by atoms with Gasteiger partial charge in [-0.1, -0.05) is 40.5 Å². The molecule has 100 valence electrons. The molecule has 1 rings (SSSR count). The number of aliphatic carboxylic acids is 1. The number of hydrogen-bond donors (Lipinski definition) is 1. The van der Waals surface area contributed by atoms with Crippen LogP contribution in [0.25, 0.3) is 0 Å². The molecule has 1 aliphatic rings. The summed E-state index contributed by atoms with van der Waals surface area (Å²) >= 11 is 0. The van der Waals surface area contributed by atoms with Crippen molar-refractivity contribution in [2.45, 2.75) is 59.5 Å². The van der Waals surface area contributed by atoms with Crippen LogP contribution >= 0.6 is 0 Å². The van der Waals surface area contributed by atoms with E-state index >= 15 is 0 Å². The zero-order chi connectivity index (χ0) is 13.1. The third-order valence-corrected chi connectivity index (χ3v) is 4.66. The van der Waals surface area contributed by atoms with Crippen LogP contribution < -0.4 is 0 Å². The van der Waals surface area contributed by atoms with Gasteiger partial charge in [0.1, 0.15) is 0 Å². The lowest BCUT2D eigenvalue weighted by molar-refractivity contribution is -0.152. The zero-order valence-electron chi connectivity index (χ0n) is 11.5. The van der Waals surface area contributed by atoms with E-state index in [0.29, 0.717) is 12.5 Å². The minimum atomic E-state index is -0.683. The van der Waals surface area contributed by atoms with Crippen molar-refractivity contribution >= 4 is 5.97 Å². The van der Waals surface area contributed by atoms with Gasteiger partial charge in [-0.05, 0) is 24.2 Å². The standard InChI is InChI=1S/C14H26O3/c1-5-11(6-2)12-9-14(4,7-8-17-12)10(3)13(15)16/h10-12H,5-9H2,1-4H3,(H,15,16). The molecule has 1 aliphatic heterocycles. The van der Waals surface area contributed by atoms with Crippen molar-refractivity contribution in [1.82, 2.24) is 0 Å². The first-order valence-electron chi connectivity index (χ1n) is 6.79. The highest BCUT2D eigenvalue weighted by atomic mass is 16.5. The molecule has 3 atom stereocenters. The highest BCUT2D eigenvalue weighted by molar-refractivity contribution is 5.70. The molecule has 0 amide bonds. The second-order valence-electron chi connectivity index (χ2n) is 5.65. The van der Waals surface area contributed by atoms with Crippen LogP contribution in [-0.4, -0.2) is 23.8 Å². The Morgan fingerprint density at radius 1 is 1.47 bits per heavy atom. The molecule has 0 saturated carbocycles. The topological polar surface area (TPSA) is 46.5 Å². The molecule has 3 nitrogen and oxygen atoms in total. The van der Waals surface area contributed by atoms with E-state index in [4.69, 9.17) is 4.74 Å². The molecule has 3 heteroatoms. The van der Waals surface area contributed by atoms with Crippen molar-refractivity contribution in [1.29, 1.82) is 0 Å². The Bertz CT molecular complexity index is 260. The number of rotatable bonds is 5. The second kappa shape index (κ2) is 5.85. The maximum Gasteiger partial charge on any atom is 0.306 e. The molecule has 0 aromatic rings. The Morgan fingerprint density at radius 3 is 2.53 bits per heavy atom. The third kappa shape index (κ3) is 3.21. The fourth-order valence-electron chi connectivity index (χ4n) is 2.87. The van der Waals surface area contributed by atoms with Crippen LogP contribution in [0.1, 0.15) is 53.4 Å². The van der Waals surface area contributed by atoms with Crippen molar-refractivity contribution in [3.8, 4) is 0 Å². The van der Waals surface area contributed by atoms with Crippen LogP contribution in [0.5, 0.6) is 0 Å². The highest BCUT2D eigenvalue weighted by Gasteiger charge is 2.42. The van der Waals surface area contributed by atoms with Crippen LogP contribution in [0.4, 0.5) is 0 Å². The number of carboxylic acids is 1. The van der Waals surface area contributed by atoms with E-state index in [0.717, 1.165) is 25.7 Å². The predicted molar refractivity (Wildman–Crippen MR) is 68.0 cm³/mol. The van der Waals surface area contributed by atoms with E-state index in [-0.39, 0.29) is 17.4 Å². The first-order valence-corrected chi connectivity index (χ1v) is 6.79. The van der Waals surface area contributed by atoms with Gasteiger partial charge in [-0.25, -0.2) is 0 Å². The minimum Gasteiger partial charge on any atom is -0.481 e. The van der Waals surface area contributed by atoms with Gasteiger partial charge >= 0.3 is 5.97 Å². The van der Waals surface area contributed by atoms with Gasteiger partial charge in [0.05, 0.1) is 12.0 Å². The molecular weight excluding hydrogens is 216 g/mol. The first kappa shape index (κ1) is 14.5. The average Bonchev–Trinajstić information content (AvgIpc) is 2.29. The van der Waals surface area contributed by atoms with Gasteiger partial charge < -0.3 is 9.84 Å². The molecule has 1 N–H and O–H groups in total. The van der Waals surface area contributed by atoms with E-state index < -0.39 is 5.97 Å². The predicted octanol–water partition coefficient (Wildman–Crippen LogP) is 3.33. The Balaban J connectivity index is 2.74. The molecule has 0 radical (unpaired) electrons. The van der Waals surface area contributed by atoms with Gasteiger partial charge in [-0.15, -0.1) is 0 Å². The summed E-state index contributed by atoms with van der Waals surface area (Å²) in [5.41, 5.74) is -0.114. The number of carbonyl (C=O) groups is 1. The molecule has 1 saturated heterocycles. The fourth-order valence-corrected chi connectivity index (χ4v) is 2.87. The molecule has 17 heavy (non-hydrogen) atoms. The largest absolute Gasteiger partial charge is 0.481 e. The maximum absolute atomic E-state index is 11.2. The first-order chi connectivity index (χ1) is 7.94. The van der Waals surface area contributed by atoms with Gasteiger partial charge in [0.15, 0.2) is 0 Å². The SMILES string of the molecule is CCC(CC)C1CC(C)(C(C)C(=O)O)CCO1. The summed E-state index contributed by atoms with van der Waals surface area (Å²) in [6.45, 7) is 9.00. The maximum atomic E-state index is 11.2. The summed E-state index contributed by atoms with van der Waals surface area (Å²) < 4.78 is 5.85. The van der Waals surface area contributed by atoms with Crippen LogP contribution in [0.2, 0.25) is 0 Å². The lowest BCUT2D eigenvalue weighted by Crippen LogP contribution is -2.43. The van der Waals surface area contributed by atoms with Gasteiger partial charge in [0.2, 0.25) is 0 Å². The van der Waals surface area contributed by atoms with Crippen molar-refractivity contribution < 1.29 is 14.6 Å². The average molecular weight is 242 g/mol. The summed E-state index contributed by atoms with van der Waals surface area (Å²) in [5.74, 6) is -0.406. The molecule has 0 aromatic heterocycles. The summed E-state index contributed by atoms with van der Waals surface area (Å²) in [6, 6.07) is 0. The van der Waals surface area contributed by atoms with E-state index in [9.17, 15) is 9.90 Å². The molecule has 1 fully saturated rings. The van der Waals surface area contributed by atoms with Crippen LogP contribution in [-0.2, 0) is 9.53 Å². The van der Waals surface area contributed by atoms with Gasteiger partial charge in [0.25, 0.3) is 0 Å². The third-order valence-electron chi connectivity index (χ3n) is 4.66. The van der Waals surface area contributed by atoms with Crippen LogP contribution in [0.15, 0.2) is 0 Å². The smallest absolute Gasteiger partial charge is 0.306 e. The number of hydrogen-bond acceptors (Lipinski definition) is 2. The summed E-state index contributed by atoms with van der Waals surface area (Å²) in [4.78, 5) is 11.2. The molecule has 0 aromatic carbocycles. The van der Waals surface area contributed by atoms with Gasteiger partial charge in [-0.3, -0.25) is 4.79 Å². The van der Waals surface area contributed by atoms with Crippen LogP contribution in [0.3, 0.4) is 0 Å². The summed E-state index contributed by atoms with van der Waals surface area (Å²) in [6.07, 6.45) is 4.20. The Labute approximate surface area is 105 Å². The number of ether oxygens (including phenoxy) is 1. The lowest BCUT2D eigenvalue weighted by atomic mass is 9.68. The Morgan fingerprint density at radius 2 is 2.06 bits per heavy atom. The summed E-state index contributed by atoms with van der Waals surface area (Å²) in [7, 11) is 0. The quantitative estimate of drug-likeness (QED) is 0.804. The van der Waals surface area contributed by atoms with Crippen molar-refractivity contribution in [2.75, 3.05) is 6.61 Å². The monoisotopic (exact) mass is 242 g/mol. The highest BCUT2D eigenvalue weighted by Crippen LogP contribution is 2.42. The molecule has 0 bridgehead atoms. The molecular formula is C14H26O3. The normalized spacial score (nSPS) is 31.5. The molecule has 1 heterocycles. The Hall–Kier alpha value is -0.570. The van der Waals surface area contributed by atoms with Gasteiger partial charge in [0, 0.05) is 6.61 Å². The number of carboxylic acid groups (broad SMARTS) is 1. The lowest BCUT2D eigenvalue weighted by Gasteiger charge is -2.43. The summed E-state index contributed by atoms with van der Waals surface area (Å²) in [5, 5.41) is 9.20. The molecule has 0 aliphatic carbocycles. The van der Waals surface area contributed by atoms with E-state index in [1.165, 1.54) is 0 Å². The van der Waals surface area contributed by atoms with Crippen LogP contribution in [0, 0.1) is 17.3 Å². The van der Waals surface area contributed by atoms with E-state index in [1.807, 2.05) is 6.92 Å². The zero-order valence-corrected chi connectivity index (χ0v) is 11.5. The fraction of sp³-hybridized carbons (Fsp3) is 0.929. The van der Waals surface area contributed by atoms with E-state index in [1.54, 1.807) is 0 Å². The minimum absolute atomic E-state index is 0.114. The van der Waals surface area contributed by atoms with Crippen molar-refractivity contribution in [3.05, 3.63) is 0 Å². The second-order valence-corrected chi connectivity index (χ2v) is 5.65. The Kier molecular flexibility index (Phi) is 4.99. The molecule has 3 unspecified atom stereocenters. The van der Waals surface area contributed by atoms with Gasteiger partial charge in [-0.2, -0.15) is 0 Å². The molecule has 0 spiro atoms. The van der Waals surface area contributed by atoms with Crippen molar-refractivity contribution in [3.63, 3.8) is 0 Å². The van der Waals surface area contributed by atoms with Crippen molar-refractivity contribution in [2.24, 2.45) is 17.3 Å².